The fraction of sp³-hybridized carbons (Fsp3) is 0.625. The molecule has 0 bridgehead atoms. The monoisotopic (exact) mass is 355 g/mol. The van der Waals surface area contributed by atoms with Gasteiger partial charge in [0, 0.05) is 18.0 Å². The summed E-state index contributed by atoms with van der Waals surface area (Å²) >= 11 is 0. The minimum atomic E-state index is -1.26. The molecule has 1 amide bonds. The lowest BCUT2D eigenvalue weighted by atomic mass is 10.1. The first-order valence-electron chi connectivity index (χ1n) is 8.10. The largest absolute Gasteiger partial charge is 0.462 e. The molecule has 140 valence electrons. The van der Waals surface area contributed by atoms with Crippen LogP contribution in [-0.4, -0.2) is 64.2 Å². The van der Waals surface area contributed by atoms with Gasteiger partial charge in [-0.1, -0.05) is 19.9 Å². The number of esters is 1. The highest BCUT2D eigenvalue weighted by atomic mass is 16.6. The van der Waals surface area contributed by atoms with Gasteiger partial charge in [0.2, 0.25) is 5.91 Å². The number of rotatable bonds is 6. The van der Waals surface area contributed by atoms with Crippen molar-refractivity contribution in [3.8, 4) is 0 Å². The maximum absolute atomic E-state index is 11.8. The number of carbonyl (C=O) groups excluding carboxylic acids is 2. The molecule has 0 saturated carbocycles. The molecule has 2 aliphatic heterocycles. The summed E-state index contributed by atoms with van der Waals surface area (Å²) in [4.78, 5) is 24.6. The third kappa shape index (κ3) is 4.37. The van der Waals surface area contributed by atoms with Crippen LogP contribution in [0.5, 0.6) is 0 Å². The van der Waals surface area contributed by atoms with Crippen LogP contribution < -0.4 is 11.5 Å². The quantitative estimate of drug-likeness (QED) is 0.423. The molecule has 1 saturated heterocycles. The van der Waals surface area contributed by atoms with Crippen LogP contribution in [0.15, 0.2) is 24.0 Å². The van der Waals surface area contributed by atoms with E-state index in [4.69, 9.17) is 20.9 Å². The average molecular weight is 355 g/mol. The van der Waals surface area contributed by atoms with Crippen molar-refractivity contribution in [3.05, 3.63) is 24.0 Å². The molecule has 25 heavy (non-hydrogen) atoms. The zero-order chi connectivity index (χ0) is 18.7. The van der Waals surface area contributed by atoms with Gasteiger partial charge in [-0.25, -0.2) is 0 Å². The van der Waals surface area contributed by atoms with E-state index in [1.807, 2.05) is 0 Å². The lowest BCUT2D eigenvalue weighted by Crippen LogP contribution is -2.41. The summed E-state index contributed by atoms with van der Waals surface area (Å²) in [6, 6.07) is -0.773. The minimum Gasteiger partial charge on any atom is -0.462 e. The first-order chi connectivity index (χ1) is 11.7. The van der Waals surface area contributed by atoms with Crippen LogP contribution in [0, 0.1) is 5.92 Å². The molecule has 6 N–H and O–H groups in total. The molecule has 5 atom stereocenters. The fourth-order valence-electron chi connectivity index (χ4n) is 2.55. The number of aliphatic hydroxyl groups is 2. The zero-order valence-corrected chi connectivity index (χ0v) is 14.2. The summed E-state index contributed by atoms with van der Waals surface area (Å²) in [5, 5.41) is 20.3. The molecule has 0 aromatic rings. The van der Waals surface area contributed by atoms with Gasteiger partial charge in [-0.2, -0.15) is 0 Å². The van der Waals surface area contributed by atoms with Crippen LogP contribution >= 0.6 is 0 Å². The van der Waals surface area contributed by atoms with Gasteiger partial charge in [-0.15, -0.1) is 0 Å². The Hall–Kier alpha value is -1.94. The number of nitrogens with zero attached hydrogens (tertiary/aromatic N) is 1. The molecule has 1 fully saturated rings. The Morgan fingerprint density at radius 2 is 2.08 bits per heavy atom. The normalized spacial score (nSPS) is 30.3. The van der Waals surface area contributed by atoms with E-state index in [2.05, 4.69) is 0 Å². The van der Waals surface area contributed by atoms with Gasteiger partial charge in [0.05, 0.1) is 0 Å². The summed E-state index contributed by atoms with van der Waals surface area (Å²) in [7, 11) is 0. The van der Waals surface area contributed by atoms with E-state index >= 15 is 0 Å². The fourth-order valence-corrected chi connectivity index (χ4v) is 2.55. The van der Waals surface area contributed by atoms with Gasteiger partial charge in [0.25, 0.3) is 0 Å². The highest BCUT2D eigenvalue weighted by Gasteiger charge is 2.45. The molecular formula is C16H25N3O6. The van der Waals surface area contributed by atoms with Gasteiger partial charge in [0.1, 0.15) is 31.0 Å². The first-order valence-corrected chi connectivity index (χ1v) is 8.10. The number of ether oxygens (including phenoxy) is 2. The Morgan fingerprint density at radius 1 is 1.40 bits per heavy atom. The third-order valence-corrected chi connectivity index (χ3v) is 4.25. The number of amides is 1. The van der Waals surface area contributed by atoms with Crippen LogP contribution in [0.4, 0.5) is 0 Å². The summed E-state index contributed by atoms with van der Waals surface area (Å²) in [6.45, 7) is 3.34. The van der Waals surface area contributed by atoms with E-state index in [1.165, 1.54) is 11.1 Å². The molecule has 2 heterocycles. The minimum absolute atomic E-state index is 0.0869. The Bertz CT molecular complexity index is 576. The van der Waals surface area contributed by atoms with Crippen LogP contribution in [0.25, 0.3) is 0 Å². The second-order valence-electron chi connectivity index (χ2n) is 6.50. The lowest BCUT2D eigenvalue weighted by molar-refractivity contribution is -0.153. The summed E-state index contributed by atoms with van der Waals surface area (Å²) in [5.41, 5.74) is 11.3. The predicted molar refractivity (Wildman–Crippen MR) is 87.3 cm³/mol. The van der Waals surface area contributed by atoms with E-state index in [0.29, 0.717) is 12.0 Å². The Kier molecular flexibility index (Phi) is 6.17. The van der Waals surface area contributed by atoms with Gasteiger partial charge < -0.3 is 36.1 Å². The van der Waals surface area contributed by atoms with Crippen LogP contribution in [-0.2, 0) is 19.1 Å². The van der Waals surface area contributed by atoms with E-state index in [9.17, 15) is 19.8 Å². The summed E-state index contributed by atoms with van der Waals surface area (Å²) < 4.78 is 10.7. The number of aliphatic hydroxyl groups excluding tert-OH is 2. The molecule has 0 unspecified atom stereocenters. The standard InChI is InChI=1S/C16H25N3O6/c1-8(2)11(17)16(23)24-7-10-12(20)13(21)15(25-10)19-5-3-4-9(6-19)14(18)22/h3,5-6,8,10-13,15,20-21H,4,7,17H2,1-2H3,(H2,18,22)/t10-,11+,12-,13-,15-/m1/s1. The van der Waals surface area contributed by atoms with Crippen molar-refractivity contribution in [2.24, 2.45) is 17.4 Å². The smallest absolute Gasteiger partial charge is 0.323 e. The summed E-state index contributed by atoms with van der Waals surface area (Å²) in [6.07, 6.45) is 0.808. The molecule has 0 aromatic heterocycles. The van der Waals surface area contributed by atoms with E-state index in [0.717, 1.165) is 0 Å². The first kappa shape index (κ1) is 19.4. The molecule has 0 aliphatic carbocycles. The van der Waals surface area contributed by atoms with Gasteiger partial charge in [-0.3, -0.25) is 9.59 Å². The Labute approximate surface area is 145 Å². The van der Waals surface area contributed by atoms with Crippen LogP contribution in [0.1, 0.15) is 20.3 Å². The van der Waals surface area contributed by atoms with Crippen molar-refractivity contribution in [1.29, 1.82) is 0 Å². The number of hydrogen-bond donors (Lipinski definition) is 4. The SMILES string of the molecule is CC(C)[C@H](N)C(=O)OC[C@H]1O[C@@H](N2C=CCC(C(N)=O)=C2)[C@H](O)[C@@H]1O. The lowest BCUT2D eigenvalue weighted by Gasteiger charge is -2.28. The van der Waals surface area contributed by atoms with Crippen LogP contribution in [0.3, 0.4) is 0 Å². The van der Waals surface area contributed by atoms with E-state index in [1.54, 1.807) is 26.1 Å². The molecule has 0 spiro atoms. The van der Waals surface area contributed by atoms with Crippen molar-refractivity contribution < 1.29 is 29.3 Å². The van der Waals surface area contributed by atoms with Gasteiger partial charge in [-0.05, 0) is 12.3 Å². The number of allylic oxidation sites excluding steroid dienone is 1. The zero-order valence-electron chi connectivity index (χ0n) is 14.2. The van der Waals surface area contributed by atoms with Crippen molar-refractivity contribution >= 4 is 11.9 Å². The highest BCUT2D eigenvalue weighted by molar-refractivity contribution is 5.92. The highest BCUT2D eigenvalue weighted by Crippen LogP contribution is 2.27. The van der Waals surface area contributed by atoms with Crippen LogP contribution in [0.2, 0.25) is 0 Å². The van der Waals surface area contributed by atoms with E-state index in [-0.39, 0.29) is 12.5 Å². The molecular weight excluding hydrogens is 330 g/mol. The van der Waals surface area contributed by atoms with Gasteiger partial charge >= 0.3 is 5.97 Å². The van der Waals surface area contributed by atoms with E-state index < -0.39 is 42.5 Å². The van der Waals surface area contributed by atoms with Crippen molar-refractivity contribution in [2.45, 2.75) is 50.8 Å². The van der Waals surface area contributed by atoms with Crippen molar-refractivity contribution in [3.63, 3.8) is 0 Å². The van der Waals surface area contributed by atoms with Crippen molar-refractivity contribution in [1.82, 2.24) is 4.90 Å². The second-order valence-corrected chi connectivity index (χ2v) is 6.50. The molecule has 2 rings (SSSR count). The second kappa shape index (κ2) is 7.96. The molecule has 0 aromatic carbocycles. The average Bonchev–Trinajstić information content (AvgIpc) is 2.87. The Balaban J connectivity index is 1.99. The summed E-state index contributed by atoms with van der Waals surface area (Å²) in [5.74, 6) is -1.26. The third-order valence-electron chi connectivity index (χ3n) is 4.25. The maximum atomic E-state index is 11.8. The molecule has 0 radical (unpaired) electrons. The Morgan fingerprint density at radius 3 is 2.68 bits per heavy atom. The molecule has 9 nitrogen and oxygen atoms in total. The van der Waals surface area contributed by atoms with Crippen molar-refractivity contribution in [2.75, 3.05) is 6.61 Å². The molecule has 9 heteroatoms. The molecule has 2 aliphatic rings. The number of hydrogen-bond acceptors (Lipinski definition) is 8. The van der Waals surface area contributed by atoms with Gasteiger partial charge in [0.15, 0.2) is 6.23 Å². The topological polar surface area (TPSA) is 148 Å². The predicted octanol–water partition coefficient (Wildman–Crippen LogP) is -1.45. The maximum Gasteiger partial charge on any atom is 0.323 e. The number of primary amides is 1. The number of nitrogens with two attached hydrogens (primary N) is 2. The number of carbonyl (C=O) groups is 2.